The monoisotopic (exact) mass is 456 g/mol. The van der Waals surface area contributed by atoms with E-state index in [1.165, 1.54) is 32.1 Å². The lowest BCUT2D eigenvalue weighted by molar-refractivity contribution is -0.161. The third kappa shape index (κ3) is 2.68. The molecule has 0 aromatic heterocycles. The third-order valence-electron chi connectivity index (χ3n) is 13.5. The molecule has 10 atom stereocenters. The summed E-state index contributed by atoms with van der Waals surface area (Å²) in [4.78, 5) is 12.9. The first kappa shape index (κ1) is 23.0. The van der Waals surface area contributed by atoms with E-state index in [1.54, 1.807) is 0 Å². The fourth-order valence-corrected chi connectivity index (χ4v) is 11.8. The number of hydrogen-bond acceptors (Lipinski definition) is 3. The zero-order valence-corrected chi connectivity index (χ0v) is 22.3. The number of Topliss-reactive ketones (excluding diaryl/α,β-unsaturated/α-hetero) is 1. The van der Waals surface area contributed by atoms with Crippen LogP contribution in [0.3, 0.4) is 0 Å². The van der Waals surface area contributed by atoms with Gasteiger partial charge in [-0.2, -0.15) is 0 Å². The van der Waals surface area contributed by atoms with Crippen LogP contribution in [0.2, 0.25) is 0 Å². The van der Waals surface area contributed by atoms with Crippen molar-refractivity contribution >= 4 is 5.78 Å². The molecule has 1 N–H and O–H groups in total. The summed E-state index contributed by atoms with van der Waals surface area (Å²) in [6, 6.07) is 0. The number of fused-ring (bicyclic) bond motifs is 5. The Bertz CT molecular complexity index is 876. The highest BCUT2D eigenvalue weighted by Gasteiger charge is 2.76. The first-order valence-electron chi connectivity index (χ1n) is 14.1. The van der Waals surface area contributed by atoms with E-state index in [0.717, 1.165) is 32.1 Å². The van der Waals surface area contributed by atoms with Gasteiger partial charge in [0.25, 0.3) is 0 Å². The van der Waals surface area contributed by atoms with E-state index in [0.29, 0.717) is 41.0 Å². The van der Waals surface area contributed by atoms with Crippen molar-refractivity contribution in [2.45, 2.75) is 130 Å². The van der Waals surface area contributed by atoms with Crippen LogP contribution in [0.4, 0.5) is 0 Å². The first-order valence-corrected chi connectivity index (χ1v) is 14.1. The largest absolute Gasteiger partial charge is 0.393 e. The minimum atomic E-state index is -0.186. The van der Waals surface area contributed by atoms with Crippen LogP contribution >= 0.6 is 0 Å². The number of ketones is 1. The van der Waals surface area contributed by atoms with Crippen LogP contribution in [-0.2, 0) is 9.53 Å². The molecule has 0 bridgehead atoms. The van der Waals surface area contributed by atoms with Gasteiger partial charge in [0.2, 0.25) is 0 Å². The van der Waals surface area contributed by atoms with Crippen molar-refractivity contribution in [1.82, 2.24) is 0 Å². The lowest BCUT2D eigenvalue weighted by Gasteiger charge is -2.62. The van der Waals surface area contributed by atoms with Crippen LogP contribution in [0.1, 0.15) is 113 Å². The number of epoxide rings is 1. The molecule has 6 rings (SSSR count). The molecule has 0 radical (unpaired) electrons. The number of aliphatic hydroxyl groups is 1. The quantitative estimate of drug-likeness (QED) is 0.420. The molecule has 33 heavy (non-hydrogen) atoms. The second-order valence-corrected chi connectivity index (χ2v) is 15.5. The van der Waals surface area contributed by atoms with Gasteiger partial charge < -0.3 is 9.84 Å². The van der Waals surface area contributed by atoms with Gasteiger partial charge in [-0.25, -0.2) is 0 Å². The summed E-state index contributed by atoms with van der Waals surface area (Å²) in [6.07, 6.45) is 11.5. The van der Waals surface area contributed by atoms with Crippen molar-refractivity contribution in [3.63, 3.8) is 0 Å². The maximum absolute atomic E-state index is 12.9. The van der Waals surface area contributed by atoms with Crippen LogP contribution in [0, 0.1) is 50.7 Å². The first-order chi connectivity index (χ1) is 15.2. The Balaban J connectivity index is 1.38. The van der Waals surface area contributed by atoms with Gasteiger partial charge in [-0.1, -0.05) is 48.5 Å². The molecule has 1 spiro atoms. The number of ether oxygens (including phenoxy) is 1. The van der Waals surface area contributed by atoms with E-state index in [-0.39, 0.29) is 33.4 Å². The zero-order valence-electron chi connectivity index (χ0n) is 22.3. The number of carbonyl (C=O) groups is 1. The molecule has 5 saturated carbocycles. The Morgan fingerprint density at radius 1 is 0.788 bits per heavy atom. The summed E-state index contributed by atoms with van der Waals surface area (Å²) in [5.74, 6) is 2.86. The molecule has 1 heterocycles. The van der Waals surface area contributed by atoms with Gasteiger partial charge in [0.05, 0.1) is 17.8 Å². The Morgan fingerprint density at radius 3 is 2.18 bits per heavy atom. The van der Waals surface area contributed by atoms with Gasteiger partial charge in [-0.05, 0) is 103 Å². The van der Waals surface area contributed by atoms with Gasteiger partial charge in [0.1, 0.15) is 5.78 Å². The molecule has 3 nitrogen and oxygen atoms in total. The van der Waals surface area contributed by atoms with Crippen LogP contribution in [0.15, 0.2) is 0 Å². The lowest BCUT2D eigenvalue weighted by atomic mass is 9.42. The van der Waals surface area contributed by atoms with Crippen molar-refractivity contribution in [3.05, 3.63) is 0 Å². The second kappa shape index (κ2) is 6.47. The third-order valence-corrected chi connectivity index (χ3v) is 13.5. The van der Waals surface area contributed by atoms with E-state index < -0.39 is 0 Å². The van der Waals surface area contributed by atoms with Gasteiger partial charge in [-0.15, -0.1) is 0 Å². The van der Waals surface area contributed by atoms with Crippen LogP contribution in [0.5, 0.6) is 0 Å². The summed E-state index contributed by atoms with van der Waals surface area (Å²) < 4.78 is 6.84. The smallest absolute Gasteiger partial charge is 0.138 e. The molecule has 6 fully saturated rings. The van der Waals surface area contributed by atoms with E-state index >= 15 is 0 Å². The van der Waals surface area contributed by atoms with Crippen molar-refractivity contribution in [1.29, 1.82) is 0 Å². The molecular formula is C30H48O3. The zero-order chi connectivity index (χ0) is 23.8. The van der Waals surface area contributed by atoms with Gasteiger partial charge in [-0.3, -0.25) is 4.79 Å². The highest BCUT2D eigenvalue weighted by Crippen LogP contribution is 2.75. The average Bonchev–Trinajstić information content (AvgIpc) is 3.43. The van der Waals surface area contributed by atoms with E-state index in [9.17, 15) is 9.90 Å². The highest BCUT2D eigenvalue weighted by molar-refractivity contribution is 5.85. The van der Waals surface area contributed by atoms with Crippen molar-refractivity contribution < 1.29 is 14.6 Å². The standard InChI is InChI=1S/C30H48O3/c1-25(2)18-10-13-27(5)17-30-20(9-8-19(27)28(18,6)14-11-22(25)31)29(7)15-12-23(32)26(3,4)21(29)16-24(30)33-30/h18-21,23-24,32H,8-17H2,1-7H3/t18?,19-,20+,21-,23+,24+,27-,28-,29+,30-/m0/s1. The molecule has 0 aromatic carbocycles. The molecule has 1 aliphatic heterocycles. The fraction of sp³-hybridized carbons (Fsp3) is 0.967. The molecule has 0 aromatic rings. The van der Waals surface area contributed by atoms with Crippen molar-refractivity contribution in [3.8, 4) is 0 Å². The lowest BCUT2D eigenvalue weighted by Crippen LogP contribution is -2.59. The normalized spacial score (nSPS) is 58.6. The van der Waals surface area contributed by atoms with Gasteiger partial charge >= 0.3 is 0 Å². The molecule has 0 amide bonds. The van der Waals surface area contributed by atoms with Crippen molar-refractivity contribution in [2.24, 2.45) is 50.7 Å². The SMILES string of the molecule is CC1(C)C(=O)CC[C@@]2(C)C1CC[C@@]1(C)C[C@@]34O[C@@H]3C[C@H]3C(C)(C)[C@H](O)CC[C@]3(C)[C@H]4CC[C@@H]12. The summed E-state index contributed by atoms with van der Waals surface area (Å²) in [6.45, 7) is 16.9. The molecule has 1 unspecified atom stereocenters. The molecule has 3 heteroatoms. The number of aliphatic hydroxyl groups excluding tert-OH is 1. The second-order valence-electron chi connectivity index (χ2n) is 15.5. The molecule has 5 aliphatic carbocycles. The maximum Gasteiger partial charge on any atom is 0.138 e. The number of carbonyl (C=O) groups excluding carboxylic acids is 1. The highest BCUT2D eigenvalue weighted by atomic mass is 16.6. The minimum Gasteiger partial charge on any atom is -0.393 e. The topological polar surface area (TPSA) is 49.8 Å². The Morgan fingerprint density at radius 2 is 1.45 bits per heavy atom. The molecular weight excluding hydrogens is 408 g/mol. The fourth-order valence-electron chi connectivity index (χ4n) is 11.8. The Hall–Kier alpha value is -0.410. The summed E-state index contributed by atoms with van der Waals surface area (Å²) in [5.41, 5.74) is 0.723. The number of rotatable bonds is 0. The van der Waals surface area contributed by atoms with Crippen molar-refractivity contribution in [2.75, 3.05) is 0 Å². The maximum atomic E-state index is 12.9. The predicted octanol–water partition coefficient (Wildman–Crippen LogP) is 6.56. The van der Waals surface area contributed by atoms with Gasteiger partial charge in [0, 0.05) is 11.8 Å². The molecule has 6 aliphatic rings. The Labute approximate surface area is 201 Å². The van der Waals surface area contributed by atoms with E-state index in [4.69, 9.17) is 4.74 Å². The number of hydrogen-bond donors (Lipinski definition) is 1. The molecule has 1 saturated heterocycles. The van der Waals surface area contributed by atoms with E-state index in [2.05, 4.69) is 48.5 Å². The van der Waals surface area contributed by atoms with Crippen LogP contribution < -0.4 is 0 Å². The summed E-state index contributed by atoms with van der Waals surface area (Å²) in [5, 5.41) is 10.9. The van der Waals surface area contributed by atoms with Crippen LogP contribution in [0.25, 0.3) is 0 Å². The van der Waals surface area contributed by atoms with Crippen LogP contribution in [-0.4, -0.2) is 28.7 Å². The predicted molar refractivity (Wildman–Crippen MR) is 131 cm³/mol. The Kier molecular flexibility index (Phi) is 4.51. The molecule has 186 valence electrons. The van der Waals surface area contributed by atoms with Gasteiger partial charge in [0.15, 0.2) is 0 Å². The summed E-state index contributed by atoms with van der Waals surface area (Å²) >= 11 is 0. The summed E-state index contributed by atoms with van der Waals surface area (Å²) in [7, 11) is 0. The average molecular weight is 457 g/mol. The van der Waals surface area contributed by atoms with E-state index in [1.807, 2.05) is 0 Å². The minimum absolute atomic E-state index is 0.0289.